The van der Waals surface area contributed by atoms with Gasteiger partial charge in [-0.05, 0) is 24.5 Å². The summed E-state index contributed by atoms with van der Waals surface area (Å²) < 4.78 is 0. The first-order valence-corrected chi connectivity index (χ1v) is 7.07. The van der Waals surface area contributed by atoms with Crippen LogP contribution in [0.1, 0.15) is 44.1 Å². The maximum atomic E-state index is 12.0. The number of amides is 1. The monoisotopic (exact) mass is 275 g/mol. The predicted octanol–water partition coefficient (Wildman–Crippen LogP) is 2.69. The highest BCUT2D eigenvalue weighted by molar-refractivity contribution is 6.05. The van der Waals surface area contributed by atoms with Crippen LogP contribution in [-0.4, -0.2) is 17.0 Å². The van der Waals surface area contributed by atoms with Gasteiger partial charge in [0.15, 0.2) is 5.84 Å². The fraction of sp³-hybridized carbons (Fsp3) is 0.467. The molecule has 0 heterocycles. The molecular formula is C15H21N3O2. The maximum absolute atomic E-state index is 12.0. The summed E-state index contributed by atoms with van der Waals surface area (Å²) in [4.78, 5) is 12.0. The molecule has 20 heavy (non-hydrogen) atoms. The third-order valence-electron chi connectivity index (χ3n) is 3.84. The normalized spacial score (nSPS) is 16.3. The first kappa shape index (κ1) is 14.4. The van der Waals surface area contributed by atoms with Gasteiger partial charge in [-0.3, -0.25) is 4.79 Å². The van der Waals surface area contributed by atoms with Crippen LogP contribution in [0.25, 0.3) is 0 Å². The molecule has 1 aromatic carbocycles. The van der Waals surface area contributed by atoms with E-state index in [4.69, 9.17) is 10.9 Å². The van der Waals surface area contributed by atoms with E-state index in [0.29, 0.717) is 23.6 Å². The number of anilines is 1. The fourth-order valence-corrected chi connectivity index (χ4v) is 2.72. The van der Waals surface area contributed by atoms with Crippen molar-refractivity contribution in [3.8, 4) is 0 Å². The summed E-state index contributed by atoms with van der Waals surface area (Å²) in [5.74, 6) is 0.673. The number of rotatable bonds is 5. The van der Waals surface area contributed by atoms with Crippen molar-refractivity contribution in [1.29, 1.82) is 0 Å². The summed E-state index contributed by atoms with van der Waals surface area (Å²) in [6, 6.07) is 7.05. The van der Waals surface area contributed by atoms with E-state index in [1.165, 1.54) is 25.7 Å². The number of para-hydroxylation sites is 1. The van der Waals surface area contributed by atoms with Gasteiger partial charge in [0, 0.05) is 12.0 Å². The average Bonchev–Trinajstić information content (AvgIpc) is 2.98. The number of hydrogen-bond donors (Lipinski definition) is 3. The van der Waals surface area contributed by atoms with E-state index in [0.717, 1.165) is 6.42 Å². The van der Waals surface area contributed by atoms with Crippen molar-refractivity contribution < 1.29 is 10.0 Å². The van der Waals surface area contributed by atoms with Gasteiger partial charge in [0.25, 0.3) is 0 Å². The van der Waals surface area contributed by atoms with Crippen molar-refractivity contribution in [3.63, 3.8) is 0 Å². The summed E-state index contributed by atoms with van der Waals surface area (Å²) in [7, 11) is 0. The summed E-state index contributed by atoms with van der Waals surface area (Å²) in [6.45, 7) is 0. The van der Waals surface area contributed by atoms with Gasteiger partial charge in [-0.1, -0.05) is 43.0 Å². The number of oxime groups is 1. The van der Waals surface area contributed by atoms with Gasteiger partial charge < -0.3 is 16.3 Å². The number of hydrogen-bond acceptors (Lipinski definition) is 3. The second-order valence-corrected chi connectivity index (χ2v) is 5.27. The third kappa shape index (κ3) is 3.73. The SMILES string of the molecule is N/C(=N/O)c1ccccc1NC(=O)CCC1CCCC1. The van der Waals surface area contributed by atoms with Crippen LogP contribution in [0.2, 0.25) is 0 Å². The van der Waals surface area contributed by atoms with Crippen LogP contribution in [0.3, 0.4) is 0 Å². The molecule has 1 fully saturated rings. The Morgan fingerprint density at radius 2 is 2.05 bits per heavy atom. The number of nitrogens with zero attached hydrogens (tertiary/aromatic N) is 1. The second kappa shape index (κ2) is 6.93. The molecule has 5 heteroatoms. The minimum Gasteiger partial charge on any atom is -0.409 e. The van der Waals surface area contributed by atoms with Crippen LogP contribution in [0.4, 0.5) is 5.69 Å². The van der Waals surface area contributed by atoms with Gasteiger partial charge in [0.05, 0.1) is 5.69 Å². The van der Waals surface area contributed by atoms with Crippen molar-refractivity contribution in [1.82, 2.24) is 0 Å². The van der Waals surface area contributed by atoms with E-state index in [2.05, 4.69) is 10.5 Å². The molecule has 1 aromatic rings. The lowest BCUT2D eigenvalue weighted by Crippen LogP contribution is -2.19. The molecule has 4 N–H and O–H groups in total. The van der Waals surface area contributed by atoms with Crippen LogP contribution < -0.4 is 11.1 Å². The minimum atomic E-state index is -0.0184. The Kier molecular flexibility index (Phi) is 4.98. The van der Waals surface area contributed by atoms with Gasteiger partial charge in [0.2, 0.25) is 5.91 Å². The Morgan fingerprint density at radius 1 is 1.35 bits per heavy atom. The molecule has 0 bridgehead atoms. The van der Waals surface area contributed by atoms with Crippen molar-refractivity contribution >= 4 is 17.4 Å². The number of carbonyl (C=O) groups excluding carboxylic acids is 1. The summed E-state index contributed by atoms with van der Waals surface area (Å²) in [5.41, 5.74) is 6.71. The molecule has 0 aromatic heterocycles. The van der Waals surface area contributed by atoms with Gasteiger partial charge in [-0.15, -0.1) is 0 Å². The van der Waals surface area contributed by atoms with Crippen molar-refractivity contribution in [2.24, 2.45) is 16.8 Å². The van der Waals surface area contributed by atoms with E-state index >= 15 is 0 Å². The van der Waals surface area contributed by atoms with E-state index in [1.807, 2.05) is 0 Å². The van der Waals surface area contributed by atoms with Crippen LogP contribution >= 0.6 is 0 Å². The van der Waals surface area contributed by atoms with E-state index in [9.17, 15) is 4.79 Å². The number of nitrogens with two attached hydrogens (primary N) is 1. The lowest BCUT2D eigenvalue weighted by molar-refractivity contribution is -0.116. The largest absolute Gasteiger partial charge is 0.409 e. The van der Waals surface area contributed by atoms with Gasteiger partial charge >= 0.3 is 0 Å². The number of benzene rings is 1. The molecule has 0 unspecified atom stereocenters. The number of amidine groups is 1. The lowest BCUT2D eigenvalue weighted by atomic mass is 10.0. The number of carbonyl (C=O) groups is 1. The zero-order chi connectivity index (χ0) is 14.4. The minimum absolute atomic E-state index is 0.00306. The van der Waals surface area contributed by atoms with Gasteiger partial charge in [0.1, 0.15) is 0 Å². The van der Waals surface area contributed by atoms with Crippen molar-refractivity contribution in [2.45, 2.75) is 38.5 Å². The smallest absolute Gasteiger partial charge is 0.224 e. The Labute approximate surface area is 118 Å². The Bertz CT molecular complexity index is 494. The molecular weight excluding hydrogens is 254 g/mol. The molecule has 2 rings (SSSR count). The quantitative estimate of drug-likeness (QED) is 0.334. The molecule has 1 saturated carbocycles. The highest BCUT2D eigenvalue weighted by Crippen LogP contribution is 2.28. The molecule has 0 saturated heterocycles. The first-order valence-electron chi connectivity index (χ1n) is 7.07. The molecule has 1 amide bonds. The second-order valence-electron chi connectivity index (χ2n) is 5.27. The topological polar surface area (TPSA) is 87.7 Å². The molecule has 1 aliphatic rings. The van der Waals surface area contributed by atoms with Gasteiger partial charge in [-0.2, -0.15) is 0 Å². The van der Waals surface area contributed by atoms with E-state index < -0.39 is 0 Å². The van der Waals surface area contributed by atoms with Crippen LogP contribution in [-0.2, 0) is 4.79 Å². The highest BCUT2D eigenvalue weighted by atomic mass is 16.4. The number of nitrogens with one attached hydrogen (secondary N) is 1. The molecule has 5 nitrogen and oxygen atoms in total. The van der Waals surface area contributed by atoms with Crippen LogP contribution in [0, 0.1) is 5.92 Å². The molecule has 108 valence electrons. The Morgan fingerprint density at radius 3 is 2.75 bits per heavy atom. The Hall–Kier alpha value is -2.04. The zero-order valence-electron chi connectivity index (χ0n) is 11.5. The summed E-state index contributed by atoms with van der Waals surface area (Å²) in [6.07, 6.45) is 6.53. The lowest BCUT2D eigenvalue weighted by Gasteiger charge is -2.11. The van der Waals surface area contributed by atoms with Crippen molar-refractivity contribution in [2.75, 3.05) is 5.32 Å². The van der Waals surface area contributed by atoms with Crippen LogP contribution in [0.5, 0.6) is 0 Å². The van der Waals surface area contributed by atoms with E-state index in [-0.39, 0.29) is 11.7 Å². The predicted molar refractivity (Wildman–Crippen MR) is 78.8 cm³/mol. The zero-order valence-corrected chi connectivity index (χ0v) is 11.5. The van der Waals surface area contributed by atoms with Gasteiger partial charge in [-0.25, -0.2) is 0 Å². The van der Waals surface area contributed by atoms with E-state index in [1.54, 1.807) is 24.3 Å². The standard InChI is InChI=1S/C15H21N3O2/c16-15(18-20)12-7-3-4-8-13(12)17-14(19)10-9-11-5-1-2-6-11/h3-4,7-8,11,20H,1-2,5-6,9-10H2,(H2,16,18)(H,17,19). The highest BCUT2D eigenvalue weighted by Gasteiger charge is 2.16. The van der Waals surface area contributed by atoms with Crippen molar-refractivity contribution in [3.05, 3.63) is 29.8 Å². The fourth-order valence-electron chi connectivity index (χ4n) is 2.72. The molecule has 1 aliphatic carbocycles. The maximum Gasteiger partial charge on any atom is 0.224 e. The molecule has 0 atom stereocenters. The van der Waals surface area contributed by atoms with Crippen LogP contribution in [0.15, 0.2) is 29.4 Å². The summed E-state index contributed by atoms with van der Waals surface area (Å²) in [5, 5.41) is 14.6. The Balaban J connectivity index is 1.93. The summed E-state index contributed by atoms with van der Waals surface area (Å²) >= 11 is 0. The molecule has 0 spiro atoms. The third-order valence-corrected chi connectivity index (χ3v) is 3.84. The first-order chi connectivity index (χ1) is 9.70. The molecule has 0 radical (unpaired) electrons. The molecule has 0 aliphatic heterocycles. The average molecular weight is 275 g/mol.